The number of carboxylic acid groups (broad SMARTS) is 1. The summed E-state index contributed by atoms with van der Waals surface area (Å²) in [4.78, 5) is 12.2. The molecule has 0 bridgehead atoms. The molecule has 1 amide bonds. The summed E-state index contributed by atoms with van der Waals surface area (Å²) in [6, 6.07) is 10.3. The van der Waals surface area contributed by atoms with Gasteiger partial charge in [-0.3, -0.25) is 0 Å². The Morgan fingerprint density at radius 2 is 2.13 bits per heavy atom. The van der Waals surface area contributed by atoms with E-state index in [2.05, 4.69) is 12.1 Å². The lowest BCUT2D eigenvalue weighted by molar-refractivity contribution is 0.154. The van der Waals surface area contributed by atoms with Gasteiger partial charge in [-0.1, -0.05) is 30.3 Å². The van der Waals surface area contributed by atoms with Crippen LogP contribution in [0, 0.1) is 5.92 Å². The zero-order valence-electron chi connectivity index (χ0n) is 8.60. The number of amides is 1. The Labute approximate surface area is 89.3 Å². The van der Waals surface area contributed by atoms with Gasteiger partial charge >= 0.3 is 6.09 Å². The van der Waals surface area contributed by atoms with Gasteiger partial charge in [-0.15, -0.1) is 0 Å². The summed E-state index contributed by atoms with van der Waals surface area (Å²) < 4.78 is 0. The molecule has 0 saturated carbocycles. The molecular formula is C12H15NO2. The van der Waals surface area contributed by atoms with Gasteiger partial charge in [-0.05, 0) is 24.3 Å². The number of hydrogen-bond donors (Lipinski definition) is 1. The van der Waals surface area contributed by atoms with E-state index in [4.69, 9.17) is 5.11 Å². The first-order valence-electron chi connectivity index (χ1n) is 5.27. The zero-order chi connectivity index (χ0) is 10.7. The van der Waals surface area contributed by atoms with Crippen molar-refractivity contribution in [1.29, 1.82) is 0 Å². The Balaban J connectivity index is 1.90. The average molecular weight is 205 g/mol. The second kappa shape index (κ2) is 4.34. The van der Waals surface area contributed by atoms with Crippen LogP contribution in [0.15, 0.2) is 30.3 Å². The van der Waals surface area contributed by atoms with Crippen molar-refractivity contribution in [2.75, 3.05) is 13.1 Å². The highest BCUT2D eigenvalue weighted by Gasteiger charge is 2.25. The number of hydrogen-bond acceptors (Lipinski definition) is 1. The molecule has 1 N–H and O–H groups in total. The van der Waals surface area contributed by atoms with Gasteiger partial charge < -0.3 is 10.0 Å². The van der Waals surface area contributed by atoms with E-state index in [0.717, 1.165) is 12.8 Å². The fourth-order valence-electron chi connectivity index (χ4n) is 2.12. The number of likely N-dealkylation sites (tertiary alicyclic amines) is 1. The van der Waals surface area contributed by atoms with Gasteiger partial charge in [0, 0.05) is 13.1 Å². The molecule has 2 rings (SSSR count). The van der Waals surface area contributed by atoms with Crippen LogP contribution in [0.5, 0.6) is 0 Å². The highest BCUT2D eigenvalue weighted by molar-refractivity contribution is 5.65. The van der Waals surface area contributed by atoms with E-state index in [1.807, 2.05) is 18.2 Å². The predicted molar refractivity (Wildman–Crippen MR) is 57.9 cm³/mol. The Hall–Kier alpha value is -1.51. The van der Waals surface area contributed by atoms with Crippen molar-refractivity contribution in [1.82, 2.24) is 4.90 Å². The van der Waals surface area contributed by atoms with E-state index >= 15 is 0 Å². The molecule has 1 aromatic rings. The van der Waals surface area contributed by atoms with Gasteiger partial charge in [0.1, 0.15) is 0 Å². The fraction of sp³-hybridized carbons (Fsp3) is 0.417. The average Bonchev–Trinajstić information content (AvgIpc) is 2.68. The van der Waals surface area contributed by atoms with Crippen molar-refractivity contribution in [3.8, 4) is 0 Å². The van der Waals surface area contributed by atoms with Gasteiger partial charge in [0.05, 0.1) is 0 Å². The molecule has 1 atom stereocenters. The minimum Gasteiger partial charge on any atom is -0.465 e. The lowest BCUT2D eigenvalue weighted by atomic mass is 9.99. The number of rotatable bonds is 2. The van der Waals surface area contributed by atoms with Crippen molar-refractivity contribution in [2.45, 2.75) is 12.8 Å². The molecule has 3 nitrogen and oxygen atoms in total. The lowest BCUT2D eigenvalue weighted by Gasteiger charge is -2.12. The van der Waals surface area contributed by atoms with Crippen molar-refractivity contribution in [3.63, 3.8) is 0 Å². The van der Waals surface area contributed by atoms with Crippen LogP contribution in [0.1, 0.15) is 12.0 Å². The quantitative estimate of drug-likeness (QED) is 0.804. The maximum Gasteiger partial charge on any atom is 0.407 e. The second-order valence-corrected chi connectivity index (χ2v) is 4.07. The van der Waals surface area contributed by atoms with Crippen molar-refractivity contribution >= 4 is 6.09 Å². The van der Waals surface area contributed by atoms with Crippen LogP contribution in [0.2, 0.25) is 0 Å². The molecule has 1 heterocycles. The SMILES string of the molecule is O=C(O)N1CCC(Cc2ccccc2)C1. The molecule has 1 unspecified atom stereocenters. The molecule has 0 aromatic heterocycles. The lowest BCUT2D eigenvalue weighted by Crippen LogP contribution is -2.26. The molecule has 0 spiro atoms. The summed E-state index contributed by atoms with van der Waals surface area (Å²) in [5, 5.41) is 8.82. The molecule has 1 aromatic carbocycles. The number of carbonyl (C=O) groups is 1. The molecule has 0 aliphatic carbocycles. The number of nitrogens with zero attached hydrogens (tertiary/aromatic N) is 1. The van der Waals surface area contributed by atoms with E-state index in [0.29, 0.717) is 19.0 Å². The smallest absolute Gasteiger partial charge is 0.407 e. The monoisotopic (exact) mass is 205 g/mol. The van der Waals surface area contributed by atoms with Crippen LogP contribution in [0.4, 0.5) is 4.79 Å². The molecule has 1 aliphatic rings. The van der Waals surface area contributed by atoms with Crippen molar-refractivity contribution < 1.29 is 9.90 Å². The Morgan fingerprint density at radius 3 is 2.73 bits per heavy atom. The molecular weight excluding hydrogens is 190 g/mol. The summed E-state index contributed by atoms with van der Waals surface area (Å²) in [5.41, 5.74) is 1.30. The fourth-order valence-corrected chi connectivity index (χ4v) is 2.12. The first kappa shape index (κ1) is 10.0. The van der Waals surface area contributed by atoms with E-state index < -0.39 is 6.09 Å². The van der Waals surface area contributed by atoms with Crippen LogP contribution >= 0.6 is 0 Å². The normalized spacial score (nSPS) is 20.5. The van der Waals surface area contributed by atoms with Gasteiger partial charge in [-0.2, -0.15) is 0 Å². The van der Waals surface area contributed by atoms with Crippen LogP contribution in [0.3, 0.4) is 0 Å². The Kier molecular flexibility index (Phi) is 2.90. The zero-order valence-corrected chi connectivity index (χ0v) is 8.60. The summed E-state index contributed by atoms with van der Waals surface area (Å²) in [6.45, 7) is 1.37. The summed E-state index contributed by atoms with van der Waals surface area (Å²) >= 11 is 0. The van der Waals surface area contributed by atoms with Gasteiger partial charge in [-0.25, -0.2) is 4.79 Å². The second-order valence-electron chi connectivity index (χ2n) is 4.07. The molecule has 15 heavy (non-hydrogen) atoms. The van der Waals surface area contributed by atoms with Crippen LogP contribution < -0.4 is 0 Å². The molecule has 3 heteroatoms. The topological polar surface area (TPSA) is 40.5 Å². The highest BCUT2D eigenvalue weighted by atomic mass is 16.4. The van der Waals surface area contributed by atoms with Gasteiger partial charge in [0.2, 0.25) is 0 Å². The minimum absolute atomic E-state index is 0.489. The summed E-state index contributed by atoms with van der Waals surface area (Å²) in [5.74, 6) is 0.489. The third-order valence-electron chi connectivity index (χ3n) is 2.92. The van der Waals surface area contributed by atoms with Gasteiger partial charge in [0.25, 0.3) is 0 Å². The summed E-state index contributed by atoms with van der Waals surface area (Å²) in [6.07, 6.45) is 1.19. The van der Waals surface area contributed by atoms with Crippen molar-refractivity contribution in [3.05, 3.63) is 35.9 Å². The Morgan fingerprint density at radius 1 is 1.40 bits per heavy atom. The third-order valence-corrected chi connectivity index (χ3v) is 2.92. The van der Waals surface area contributed by atoms with E-state index in [-0.39, 0.29) is 0 Å². The minimum atomic E-state index is -0.787. The largest absolute Gasteiger partial charge is 0.465 e. The van der Waals surface area contributed by atoms with E-state index in [1.54, 1.807) is 0 Å². The van der Waals surface area contributed by atoms with E-state index in [1.165, 1.54) is 10.5 Å². The first-order valence-corrected chi connectivity index (χ1v) is 5.27. The first-order chi connectivity index (χ1) is 7.25. The molecule has 1 saturated heterocycles. The Bertz CT molecular complexity index is 337. The standard InChI is InChI=1S/C12H15NO2/c14-12(15)13-7-6-11(9-13)8-10-4-2-1-3-5-10/h1-5,11H,6-9H2,(H,14,15). The summed E-state index contributed by atoms with van der Waals surface area (Å²) in [7, 11) is 0. The number of benzene rings is 1. The van der Waals surface area contributed by atoms with Crippen LogP contribution in [-0.4, -0.2) is 29.2 Å². The maximum absolute atomic E-state index is 10.7. The molecule has 1 fully saturated rings. The molecule has 80 valence electrons. The molecule has 0 radical (unpaired) electrons. The highest BCUT2D eigenvalue weighted by Crippen LogP contribution is 2.20. The van der Waals surface area contributed by atoms with Crippen LogP contribution in [0.25, 0.3) is 0 Å². The van der Waals surface area contributed by atoms with Gasteiger partial charge in [0.15, 0.2) is 0 Å². The molecule has 1 aliphatic heterocycles. The maximum atomic E-state index is 10.7. The predicted octanol–water partition coefficient (Wildman–Crippen LogP) is 2.23. The van der Waals surface area contributed by atoms with Crippen LogP contribution in [-0.2, 0) is 6.42 Å². The van der Waals surface area contributed by atoms with E-state index in [9.17, 15) is 4.79 Å². The third kappa shape index (κ3) is 2.49. The van der Waals surface area contributed by atoms with Crippen molar-refractivity contribution in [2.24, 2.45) is 5.92 Å².